The number of anilines is 1. The lowest BCUT2D eigenvalue weighted by Gasteiger charge is -2.21. The predicted octanol–water partition coefficient (Wildman–Crippen LogP) is 1.56. The Morgan fingerprint density at radius 1 is 1.16 bits per heavy atom. The maximum absolute atomic E-state index is 12.6. The first-order chi connectivity index (χ1) is 15.0. The maximum Gasteiger partial charge on any atom is 0.298 e. The summed E-state index contributed by atoms with van der Waals surface area (Å²) in [5.41, 5.74) is 2.23. The highest BCUT2D eigenvalue weighted by Crippen LogP contribution is 2.59. The SMILES string of the molecule is CC(=O)NCC1CN(c2ccc(C34CC3CN(C(=O)C(=O)c3ccco3)C4)cc2)CO1. The van der Waals surface area contributed by atoms with Gasteiger partial charge in [-0.05, 0) is 42.2 Å². The molecule has 2 aliphatic heterocycles. The molecule has 1 aliphatic carbocycles. The van der Waals surface area contributed by atoms with Crippen molar-refractivity contribution in [2.24, 2.45) is 5.92 Å². The number of rotatable bonds is 6. The smallest absolute Gasteiger partial charge is 0.298 e. The van der Waals surface area contributed by atoms with Gasteiger partial charge in [0.15, 0.2) is 5.76 Å². The monoisotopic (exact) mass is 423 g/mol. The third kappa shape index (κ3) is 3.61. The van der Waals surface area contributed by atoms with Gasteiger partial charge in [0, 0.05) is 44.2 Å². The number of ketones is 1. The molecule has 0 bridgehead atoms. The number of hydrogen-bond acceptors (Lipinski definition) is 6. The second-order valence-electron chi connectivity index (χ2n) is 8.67. The number of benzene rings is 1. The number of nitrogens with one attached hydrogen (secondary N) is 1. The van der Waals surface area contributed by atoms with Crippen LogP contribution in [0, 0.1) is 5.92 Å². The van der Waals surface area contributed by atoms with E-state index in [1.54, 1.807) is 11.0 Å². The maximum atomic E-state index is 12.6. The summed E-state index contributed by atoms with van der Waals surface area (Å²) in [6.45, 7) is 4.40. The van der Waals surface area contributed by atoms with Gasteiger partial charge in [0.2, 0.25) is 5.91 Å². The molecule has 5 rings (SSSR count). The van der Waals surface area contributed by atoms with Crippen molar-refractivity contribution in [1.29, 1.82) is 0 Å². The number of carbonyl (C=O) groups is 3. The highest BCUT2D eigenvalue weighted by Gasteiger charge is 2.62. The highest BCUT2D eigenvalue weighted by molar-refractivity contribution is 6.42. The van der Waals surface area contributed by atoms with Crippen molar-refractivity contribution in [3.63, 3.8) is 0 Å². The van der Waals surface area contributed by atoms with E-state index in [0.29, 0.717) is 32.3 Å². The van der Waals surface area contributed by atoms with Crippen molar-refractivity contribution in [3.8, 4) is 0 Å². The summed E-state index contributed by atoms with van der Waals surface area (Å²) < 4.78 is 10.8. The molecule has 0 spiro atoms. The lowest BCUT2D eigenvalue weighted by Crippen LogP contribution is -2.37. The first-order valence-electron chi connectivity index (χ1n) is 10.5. The molecule has 2 saturated heterocycles. The topological polar surface area (TPSA) is 92.1 Å². The third-order valence-electron chi connectivity index (χ3n) is 6.65. The van der Waals surface area contributed by atoms with Crippen LogP contribution in [0.4, 0.5) is 5.69 Å². The van der Waals surface area contributed by atoms with Crippen LogP contribution in [0.5, 0.6) is 0 Å². The number of ether oxygens (including phenoxy) is 1. The number of hydrogen-bond donors (Lipinski definition) is 1. The van der Waals surface area contributed by atoms with Crippen molar-refractivity contribution in [2.75, 3.05) is 37.8 Å². The molecule has 3 heterocycles. The van der Waals surface area contributed by atoms with Crippen molar-refractivity contribution >= 4 is 23.3 Å². The predicted molar refractivity (Wildman–Crippen MR) is 112 cm³/mol. The van der Waals surface area contributed by atoms with Crippen LogP contribution < -0.4 is 10.2 Å². The summed E-state index contributed by atoms with van der Waals surface area (Å²) in [6.07, 6.45) is 2.42. The standard InChI is InChI=1S/C23H25N3O5/c1-15(27)24-10-19-12-26(14-31-19)18-6-4-16(5-7-18)23-9-17(23)11-25(13-23)22(29)21(28)20-3-2-8-30-20/h2-8,17,19H,9-14H2,1H3,(H,24,27). The summed E-state index contributed by atoms with van der Waals surface area (Å²) in [7, 11) is 0. The lowest BCUT2D eigenvalue weighted by molar-refractivity contribution is -0.126. The molecule has 0 radical (unpaired) electrons. The van der Waals surface area contributed by atoms with E-state index in [-0.39, 0.29) is 23.2 Å². The number of carbonyl (C=O) groups excluding carboxylic acids is 3. The Labute approximate surface area is 180 Å². The van der Waals surface area contributed by atoms with E-state index in [1.165, 1.54) is 24.8 Å². The molecule has 3 fully saturated rings. The Balaban J connectivity index is 1.22. The molecule has 8 heteroatoms. The molecule has 2 amide bonds. The van der Waals surface area contributed by atoms with Crippen molar-refractivity contribution < 1.29 is 23.5 Å². The summed E-state index contributed by atoms with van der Waals surface area (Å²) in [6, 6.07) is 11.6. The number of piperidine rings is 1. The van der Waals surface area contributed by atoms with Crippen LogP contribution in [0.3, 0.4) is 0 Å². The summed E-state index contributed by atoms with van der Waals surface area (Å²) in [5, 5.41) is 2.79. The van der Waals surface area contributed by atoms with Gasteiger partial charge in [0.05, 0.1) is 12.4 Å². The molecule has 1 aromatic carbocycles. The zero-order chi connectivity index (χ0) is 21.6. The van der Waals surface area contributed by atoms with Gasteiger partial charge in [0.1, 0.15) is 6.73 Å². The Morgan fingerprint density at radius 3 is 2.68 bits per heavy atom. The van der Waals surface area contributed by atoms with E-state index in [1.807, 2.05) is 0 Å². The van der Waals surface area contributed by atoms with Crippen LogP contribution in [0.2, 0.25) is 0 Å². The second-order valence-corrected chi connectivity index (χ2v) is 8.67. The Morgan fingerprint density at radius 2 is 1.97 bits per heavy atom. The zero-order valence-electron chi connectivity index (χ0n) is 17.4. The van der Waals surface area contributed by atoms with Crippen LogP contribution in [0.1, 0.15) is 29.5 Å². The van der Waals surface area contributed by atoms with Gasteiger partial charge in [-0.3, -0.25) is 14.4 Å². The van der Waals surface area contributed by atoms with Crippen molar-refractivity contribution in [2.45, 2.75) is 24.9 Å². The van der Waals surface area contributed by atoms with Crippen LogP contribution >= 0.6 is 0 Å². The van der Waals surface area contributed by atoms with E-state index in [4.69, 9.17) is 9.15 Å². The molecular weight excluding hydrogens is 398 g/mol. The number of amides is 2. The fraction of sp³-hybridized carbons (Fsp3) is 0.435. The second kappa shape index (κ2) is 7.53. The minimum Gasteiger partial charge on any atom is -0.461 e. The van der Waals surface area contributed by atoms with Gasteiger partial charge in [-0.15, -0.1) is 0 Å². The summed E-state index contributed by atoms with van der Waals surface area (Å²) in [4.78, 5) is 39.8. The molecule has 3 aliphatic rings. The van der Waals surface area contributed by atoms with E-state index in [2.05, 4.69) is 34.5 Å². The minimum atomic E-state index is -0.584. The molecule has 1 aromatic heterocycles. The molecule has 3 unspecified atom stereocenters. The largest absolute Gasteiger partial charge is 0.461 e. The van der Waals surface area contributed by atoms with E-state index in [9.17, 15) is 14.4 Å². The molecule has 2 aromatic rings. The summed E-state index contributed by atoms with van der Waals surface area (Å²) >= 11 is 0. The molecule has 1 N–H and O–H groups in total. The number of nitrogens with zero attached hydrogens (tertiary/aromatic N) is 2. The fourth-order valence-corrected chi connectivity index (χ4v) is 4.85. The van der Waals surface area contributed by atoms with Crippen molar-refractivity contribution in [1.82, 2.24) is 10.2 Å². The molecule has 162 valence electrons. The zero-order valence-corrected chi connectivity index (χ0v) is 17.4. The Bertz CT molecular complexity index is 1000. The van der Waals surface area contributed by atoms with Crippen molar-refractivity contribution in [3.05, 3.63) is 54.0 Å². The summed E-state index contributed by atoms with van der Waals surface area (Å²) in [5.74, 6) is -0.644. The van der Waals surface area contributed by atoms with Crippen LogP contribution in [0.25, 0.3) is 0 Å². The van der Waals surface area contributed by atoms with Gasteiger partial charge in [-0.25, -0.2) is 0 Å². The number of fused-ring (bicyclic) bond motifs is 1. The van der Waals surface area contributed by atoms with E-state index < -0.39 is 11.7 Å². The average Bonchev–Trinajstić information content (AvgIpc) is 3.26. The first kappa shape index (κ1) is 19.8. The number of Topliss-reactive ketones (excluding diaryl/α,β-unsaturated/α-hetero) is 1. The Kier molecular flexibility index (Phi) is 4.81. The van der Waals surface area contributed by atoms with Gasteiger partial charge in [-0.1, -0.05) is 12.1 Å². The van der Waals surface area contributed by atoms with E-state index in [0.717, 1.165) is 18.7 Å². The number of furan rings is 1. The minimum absolute atomic E-state index is 0.0175. The van der Waals surface area contributed by atoms with Gasteiger partial charge in [-0.2, -0.15) is 0 Å². The van der Waals surface area contributed by atoms with Crippen LogP contribution in [-0.4, -0.2) is 61.5 Å². The molecular formula is C23H25N3O5. The lowest BCUT2D eigenvalue weighted by atomic mass is 9.94. The molecule has 8 nitrogen and oxygen atoms in total. The highest BCUT2D eigenvalue weighted by atomic mass is 16.5. The van der Waals surface area contributed by atoms with Crippen LogP contribution in [-0.2, 0) is 19.7 Å². The average molecular weight is 423 g/mol. The normalized spacial score (nSPS) is 26.6. The third-order valence-corrected chi connectivity index (χ3v) is 6.65. The Hall–Kier alpha value is -3.13. The molecule has 31 heavy (non-hydrogen) atoms. The van der Waals surface area contributed by atoms with Gasteiger partial charge in [0.25, 0.3) is 11.7 Å². The molecule has 1 saturated carbocycles. The number of likely N-dealkylation sites (tertiary alicyclic amines) is 1. The van der Waals surface area contributed by atoms with Gasteiger partial charge >= 0.3 is 0 Å². The van der Waals surface area contributed by atoms with E-state index >= 15 is 0 Å². The first-order valence-corrected chi connectivity index (χ1v) is 10.5. The quantitative estimate of drug-likeness (QED) is 0.560. The van der Waals surface area contributed by atoms with Gasteiger partial charge < -0.3 is 24.3 Å². The fourth-order valence-electron chi connectivity index (χ4n) is 4.85. The molecule has 3 atom stereocenters. The van der Waals surface area contributed by atoms with Crippen LogP contribution in [0.15, 0.2) is 47.1 Å².